The van der Waals surface area contributed by atoms with Crippen molar-refractivity contribution < 1.29 is 24.5 Å². The van der Waals surface area contributed by atoms with Gasteiger partial charge in [-0.05, 0) is 12.5 Å². The summed E-state index contributed by atoms with van der Waals surface area (Å²) < 4.78 is 10.3. The van der Waals surface area contributed by atoms with E-state index in [0.29, 0.717) is 23.5 Å². The van der Waals surface area contributed by atoms with Gasteiger partial charge in [0, 0.05) is 11.1 Å². The average Bonchev–Trinajstić information content (AvgIpc) is 2.35. The van der Waals surface area contributed by atoms with E-state index >= 15 is 0 Å². The van der Waals surface area contributed by atoms with Gasteiger partial charge in [0.05, 0.1) is 19.2 Å². The Balaban J connectivity index is 3.53. The summed E-state index contributed by atoms with van der Waals surface area (Å²) in [6.07, 6.45) is -1.16. The predicted molar refractivity (Wildman–Crippen MR) is 66.5 cm³/mol. The number of methoxy groups -OCH3 is 2. The summed E-state index contributed by atoms with van der Waals surface area (Å²) in [7, 11) is 2.88. The van der Waals surface area contributed by atoms with Crippen LogP contribution in [0.5, 0.6) is 11.5 Å². The minimum Gasteiger partial charge on any atom is -0.493 e. The van der Waals surface area contributed by atoms with Gasteiger partial charge in [-0.25, -0.2) is 4.79 Å². The van der Waals surface area contributed by atoms with E-state index in [4.69, 9.17) is 26.2 Å². The topological polar surface area (TPSA) is 76.0 Å². The van der Waals surface area contributed by atoms with E-state index in [1.54, 1.807) is 0 Å². The van der Waals surface area contributed by atoms with Crippen molar-refractivity contribution in [3.63, 3.8) is 0 Å². The molecule has 5 nitrogen and oxygen atoms in total. The molecule has 2 N–H and O–H groups in total. The van der Waals surface area contributed by atoms with Gasteiger partial charge in [-0.15, -0.1) is 0 Å². The lowest BCUT2D eigenvalue weighted by molar-refractivity contribution is -0.147. The molecule has 18 heavy (non-hydrogen) atoms. The standard InChI is InChI=1S/C12H15ClO5/c1-4-6-7(9(14)12(15)16)5-8(13)11(18-3)10(6)17-2/h5,9,14H,4H2,1-3H3,(H,15,16). The molecule has 1 aromatic carbocycles. The van der Waals surface area contributed by atoms with E-state index in [1.165, 1.54) is 20.3 Å². The van der Waals surface area contributed by atoms with Crippen molar-refractivity contribution in [3.05, 3.63) is 22.2 Å². The molecule has 0 saturated carbocycles. The number of hydrogen-bond donors (Lipinski definition) is 2. The van der Waals surface area contributed by atoms with E-state index in [2.05, 4.69) is 0 Å². The molecule has 0 radical (unpaired) electrons. The van der Waals surface area contributed by atoms with Crippen LogP contribution in [0.3, 0.4) is 0 Å². The first-order valence-corrected chi connectivity index (χ1v) is 5.69. The SMILES string of the molecule is CCc1c(C(O)C(=O)O)cc(Cl)c(OC)c1OC. The zero-order valence-corrected chi connectivity index (χ0v) is 11.1. The Morgan fingerprint density at radius 2 is 1.94 bits per heavy atom. The number of hydrogen-bond acceptors (Lipinski definition) is 4. The van der Waals surface area contributed by atoms with Crippen LogP contribution in [0.4, 0.5) is 0 Å². The van der Waals surface area contributed by atoms with Gasteiger partial charge < -0.3 is 19.7 Å². The minimum absolute atomic E-state index is 0.196. The summed E-state index contributed by atoms with van der Waals surface area (Å²) >= 11 is 5.98. The monoisotopic (exact) mass is 274 g/mol. The number of carbonyl (C=O) groups is 1. The summed E-state index contributed by atoms with van der Waals surface area (Å²) in [4.78, 5) is 10.9. The van der Waals surface area contributed by atoms with Crippen LogP contribution < -0.4 is 9.47 Å². The molecular formula is C12H15ClO5. The molecule has 1 unspecified atom stereocenters. The number of aliphatic hydroxyl groups excluding tert-OH is 1. The maximum absolute atomic E-state index is 10.9. The fourth-order valence-electron chi connectivity index (χ4n) is 1.81. The Hall–Kier alpha value is -1.46. The van der Waals surface area contributed by atoms with E-state index < -0.39 is 12.1 Å². The van der Waals surface area contributed by atoms with Crippen LogP contribution in [-0.4, -0.2) is 30.4 Å². The van der Waals surface area contributed by atoms with Gasteiger partial charge in [-0.3, -0.25) is 0 Å². The molecule has 0 aliphatic rings. The number of carboxylic acid groups (broad SMARTS) is 1. The van der Waals surface area contributed by atoms with Crippen molar-refractivity contribution in [3.8, 4) is 11.5 Å². The molecule has 0 aromatic heterocycles. The molecule has 1 rings (SSSR count). The molecule has 0 spiro atoms. The van der Waals surface area contributed by atoms with Crippen LogP contribution in [0, 0.1) is 0 Å². The largest absolute Gasteiger partial charge is 0.493 e. The minimum atomic E-state index is -1.64. The molecule has 0 fully saturated rings. The van der Waals surface area contributed by atoms with E-state index in [0.717, 1.165) is 0 Å². The first-order chi connectivity index (χ1) is 8.47. The number of aliphatic hydroxyl groups is 1. The highest BCUT2D eigenvalue weighted by molar-refractivity contribution is 6.32. The van der Waals surface area contributed by atoms with Gasteiger partial charge in [0.2, 0.25) is 0 Å². The molecule has 0 aliphatic carbocycles. The van der Waals surface area contributed by atoms with Gasteiger partial charge in [0.1, 0.15) is 0 Å². The molecule has 6 heteroatoms. The smallest absolute Gasteiger partial charge is 0.337 e. The molecule has 0 aliphatic heterocycles. The number of ether oxygens (including phenoxy) is 2. The molecule has 100 valence electrons. The van der Waals surface area contributed by atoms with Crippen LogP contribution in [0.15, 0.2) is 6.07 Å². The van der Waals surface area contributed by atoms with Crippen LogP contribution in [0.25, 0.3) is 0 Å². The number of benzene rings is 1. The highest BCUT2D eigenvalue weighted by Gasteiger charge is 2.25. The number of halogens is 1. The second-order valence-corrected chi connectivity index (χ2v) is 3.99. The number of rotatable bonds is 5. The Bertz CT molecular complexity index is 458. The van der Waals surface area contributed by atoms with Crippen LogP contribution in [-0.2, 0) is 11.2 Å². The predicted octanol–water partition coefficient (Wildman–Crippen LogP) is 2.04. The van der Waals surface area contributed by atoms with Gasteiger partial charge in [-0.1, -0.05) is 18.5 Å². The lowest BCUT2D eigenvalue weighted by Crippen LogP contribution is -2.14. The zero-order valence-electron chi connectivity index (χ0n) is 10.4. The normalized spacial score (nSPS) is 12.1. The average molecular weight is 275 g/mol. The maximum Gasteiger partial charge on any atom is 0.337 e. The lowest BCUT2D eigenvalue weighted by atomic mass is 9.98. The molecule has 1 atom stereocenters. The Morgan fingerprint density at radius 3 is 2.33 bits per heavy atom. The van der Waals surface area contributed by atoms with E-state index in [9.17, 15) is 9.90 Å². The van der Waals surface area contributed by atoms with E-state index in [-0.39, 0.29) is 10.6 Å². The maximum atomic E-state index is 10.9. The summed E-state index contributed by atoms with van der Waals surface area (Å²) in [5.41, 5.74) is 0.779. The molecular weight excluding hydrogens is 260 g/mol. The summed E-state index contributed by atoms with van der Waals surface area (Å²) in [6, 6.07) is 1.39. The number of aliphatic carboxylic acids is 1. The number of carboxylic acids is 1. The summed E-state index contributed by atoms with van der Waals surface area (Å²) in [5, 5.41) is 18.7. The first kappa shape index (κ1) is 14.6. The summed E-state index contributed by atoms with van der Waals surface area (Å²) in [6.45, 7) is 1.82. The molecule has 0 saturated heterocycles. The van der Waals surface area contributed by atoms with Crippen LogP contribution >= 0.6 is 11.6 Å². The second kappa shape index (κ2) is 5.93. The Kier molecular flexibility index (Phi) is 4.81. The van der Waals surface area contributed by atoms with E-state index in [1.807, 2.05) is 6.92 Å². The van der Waals surface area contributed by atoms with Crippen molar-refractivity contribution in [2.75, 3.05) is 14.2 Å². The highest BCUT2D eigenvalue weighted by Crippen LogP contribution is 2.42. The molecule has 0 bridgehead atoms. The lowest BCUT2D eigenvalue weighted by Gasteiger charge is -2.18. The molecule has 1 aromatic rings. The van der Waals surface area contributed by atoms with Crippen LogP contribution in [0.1, 0.15) is 24.2 Å². The van der Waals surface area contributed by atoms with Gasteiger partial charge in [-0.2, -0.15) is 0 Å². The Labute approximate surface area is 110 Å². The highest BCUT2D eigenvalue weighted by atomic mass is 35.5. The summed E-state index contributed by atoms with van der Waals surface area (Å²) in [5.74, 6) is -0.659. The van der Waals surface area contributed by atoms with Crippen molar-refractivity contribution in [1.29, 1.82) is 0 Å². The fourth-order valence-corrected chi connectivity index (χ4v) is 2.09. The quantitative estimate of drug-likeness (QED) is 0.859. The van der Waals surface area contributed by atoms with Crippen molar-refractivity contribution in [2.45, 2.75) is 19.4 Å². The van der Waals surface area contributed by atoms with Crippen molar-refractivity contribution >= 4 is 17.6 Å². The fraction of sp³-hybridized carbons (Fsp3) is 0.417. The third-order valence-electron chi connectivity index (χ3n) is 2.62. The van der Waals surface area contributed by atoms with Gasteiger partial charge >= 0.3 is 5.97 Å². The van der Waals surface area contributed by atoms with Crippen molar-refractivity contribution in [2.24, 2.45) is 0 Å². The third-order valence-corrected chi connectivity index (χ3v) is 2.90. The molecule has 0 amide bonds. The first-order valence-electron chi connectivity index (χ1n) is 5.32. The third kappa shape index (κ3) is 2.52. The molecule has 0 heterocycles. The van der Waals surface area contributed by atoms with Crippen molar-refractivity contribution in [1.82, 2.24) is 0 Å². The van der Waals surface area contributed by atoms with Crippen LogP contribution in [0.2, 0.25) is 5.02 Å². The van der Waals surface area contributed by atoms with Gasteiger partial charge in [0.25, 0.3) is 0 Å². The van der Waals surface area contributed by atoms with Gasteiger partial charge in [0.15, 0.2) is 17.6 Å². The Morgan fingerprint density at radius 1 is 1.39 bits per heavy atom. The second-order valence-electron chi connectivity index (χ2n) is 3.59. The zero-order chi connectivity index (χ0) is 13.9.